The van der Waals surface area contributed by atoms with Crippen LogP contribution in [0.2, 0.25) is 0 Å². The number of hydrogen-bond acceptors (Lipinski definition) is 2. The average molecular weight is 228 g/mol. The predicted molar refractivity (Wildman–Crippen MR) is 69.3 cm³/mol. The number of hydrogen-bond donors (Lipinski definition) is 1. The van der Waals surface area contributed by atoms with E-state index < -0.39 is 0 Å². The molecule has 0 spiro atoms. The Morgan fingerprint density at radius 2 is 1.82 bits per heavy atom. The first-order chi connectivity index (χ1) is 8.11. The highest BCUT2D eigenvalue weighted by Gasteiger charge is 2.13. The van der Waals surface area contributed by atoms with Crippen LogP contribution in [0.4, 0.5) is 0 Å². The zero-order chi connectivity index (χ0) is 12.4. The molecule has 17 heavy (non-hydrogen) atoms. The van der Waals surface area contributed by atoms with E-state index in [0.29, 0.717) is 6.42 Å². The maximum Gasteiger partial charge on any atom is 0.139 e. The summed E-state index contributed by atoms with van der Waals surface area (Å²) in [5.41, 5.74) is 1.04. The Bertz CT molecular complexity index is 558. The number of Topliss-reactive ketones (excluding diaryl/α,β-unsaturated/α-hetero) is 1. The molecule has 0 saturated heterocycles. The van der Waals surface area contributed by atoms with Crippen LogP contribution in [0.5, 0.6) is 5.75 Å². The number of rotatable bonds is 3. The van der Waals surface area contributed by atoms with E-state index in [1.54, 1.807) is 12.1 Å². The lowest BCUT2D eigenvalue weighted by Gasteiger charge is -2.10. The summed E-state index contributed by atoms with van der Waals surface area (Å²) in [7, 11) is 0. The summed E-state index contributed by atoms with van der Waals surface area (Å²) in [5, 5.41) is 11.4. The summed E-state index contributed by atoms with van der Waals surface area (Å²) in [4.78, 5) is 11.7. The average Bonchev–Trinajstić information content (AvgIpc) is 2.36. The Labute approximate surface area is 101 Å². The van der Waals surface area contributed by atoms with Gasteiger partial charge in [-0.2, -0.15) is 0 Å². The molecule has 2 aromatic rings. The predicted octanol–water partition coefficient (Wildman–Crippen LogP) is 3.63. The van der Waals surface area contributed by atoms with E-state index in [9.17, 15) is 9.90 Å². The molecule has 0 aliphatic rings. The first-order valence-corrected chi connectivity index (χ1v) is 5.87. The maximum atomic E-state index is 11.7. The van der Waals surface area contributed by atoms with Gasteiger partial charge in [-0.1, -0.05) is 38.1 Å². The second kappa shape index (κ2) is 4.58. The van der Waals surface area contributed by atoms with E-state index in [2.05, 4.69) is 0 Å². The zero-order valence-corrected chi connectivity index (χ0v) is 10.1. The van der Waals surface area contributed by atoms with Crippen molar-refractivity contribution >= 4 is 16.6 Å². The van der Waals surface area contributed by atoms with Crippen LogP contribution in [0.1, 0.15) is 31.7 Å². The molecule has 1 unspecified atom stereocenters. The lowest BCUT2D eigenvalue weighted by molar-refractivity contribution is -0.119. The summed E-state index contributed by atoms with van der Waals surface area (Å²) >= 11 is 0. The van der Waals surface area contributed by atoms with Crippen LogP contribution in [-0.4, -0.2) is 10.9 Å². The maximum absolute atomic E-state index is 11.7. The third-order valence-corrected chi connectivity index (χ3v) is 3.18. The van der Waals surface area contributed by atoms with Crippen LogP contribution in [0, 0.1) is 0 Å². The monoisotopic (exact) mass is 228 g/mol. The molecule has 1 atom stereocenters. The van der Waals surface area contributed by atoms with Crippen molar-refractivity contribution in [3.05, 3.63) is 42.0 Å². The number of carbonyl (C=O) groups is 1. The minimum Gasteiger partial charge on any atom is -0.508 e. The molecule has 2 aromatic carbocycles. The van der Waals surface area contributed by atoms with Crippen LogP contribution in [-0.2, 0) is 4.79 Å². The Hall–Kier alpha value is -1.83. The van der Waals surface area contributed by atoms with E-state index in [1.165, 1.54) is 0 Å². The van der Waals surface area contributed by atoms with Gasteiger partial charge in [-0.3, -0.25) is 4.79 Å². The highest BCUT2D eigenvalue weighted by molar-refractivity contribution is 5.89. The lowest BCUT2D eigenvalue weighted by atomic mass is 9.93. The summed E-state index contributed by atoms with van der Waals surface area (Å²) in [6.07, 6.45) is 0.564. The Morgan fingerprint density at radius 1 is 1.18 bits per heavy atom. The smallest absolute Gasteiger partial charge is 0.139 e. The van der Waals surface area contributed by atoms with Gasteiger partial charge in [0, 0.05) is 12.3 Å². The summed E-state index contributed by atoms with van der Waals surface area (Å²) in [6.45, 7) is 3.82. The number of ketones is 1. The number of benzene rings is 2. The van der Waals surface area contributed by atoms with Crippen LogP contribution >= 0.6 is 0 Å². The zero-order valence-electron chi connectivity index (χ0n) is 10.1. The van der Waals surface area contributed by atoms with Crippen molar-refractivity contribution in [3.63, 3.8) is 0 Å². The molecule has 2 nitrogen and oxygen atoms in total. The molecule has 0 aliphatic carbocycles. The SMILES string of the molecule is CCC(=O)C(C)c1ccc2cc(O)ccc2c1. The number of carbonyl (C=O) groups excluding carboxylic acids is 1. The molecule has 2 heteroatoms. The summed E-state index contributed by atoms with van der Waals surface area (Å²) in [6, 6.07) is 11.2. The number of aromatic hydroxyl groups is 1. The normalized spacial score (nSPS) is 12.6. The van der Waals surface area contributed by atoms with Gasteiger partial charge in [-0.05, 0) is 28.5 Å². The van der Waals surface area contributed by atoms with Crippen molar-refractivity contribution in [1.29, 1.82) is 0 Å². The Morgan fingerprint density at radius 3 is 2.53 bits per heavy atom. The van der Waals surface area contributed by atoms with Crippen molar-refractivity contribution in [2.24, 2.45) is 0 Å². The molecular weight excluding hydrogens is 212 g/mol. The minimum atomic E-state index is -0.0572. The van der Waals surface area contributed by atoms with Crippen LogP contribution in [0.25, 0.3) is 10.8 Å². The molecule has 0 amide bonds. The van der Waals surface area contributed by atoms with Crippen molar-refractivity contribution in [2.45, 2.75) is 26.2 Å². The van der Waals surface area contributed by atoms with Crippen molar-refractivity contribution < 1.29 is 9.90 Å². The molecule has 0 aliphatic heterocycles. The number of phenols is 1. The first kappa shape index (κ1) is 11.6. The first-order valence-electron chi connectivity index (χ1n) is 5.87. The Kier molecular flexibility index (Phi) is 3.14. The molecule has 0 fully saturated rings. The largest absolute Gasteiger partial charge is 0.508 e. The number of fused-ring (bicyclic) bond motifs is 1. The van der Waals surface area contributed by atoms with Gasteiger partial charge < -0.3 is 5.11 Å². The second-order valence-electron chi connectivity index (χ2n) is 4.33. The van der Waals surface area contributed by atoms with Crippen molar-refractivity contribution in [1.82, 2.24) is 0 Å². The van der Waals surface area contributed by atoms with Crippen LogP contribution in [0.3, 0.4) is 0 Å². The number of phenolic OH excluding ortho intramolecular Hbond substituents is 1. The van der Waals surface area contributed by atoms with E-state index >= 15 is 0 Å². The quantitative estimate of drug-likeness (QED) is 0.871. The van der Waals surface area contributed by atoms with Gasteiger partial charge in [0.15, 0.2) is 0 Å². The van der Waals surface area contributed by atoms with Crippen LogP contribution < -0.4 is 0 Å². The second-order valence-corrected chi connectivity index (χ2v) is 4.33. The summed E-state index contributed by atoms with van der Waals surface area (Å²) in [5.74, 6) is 0.462. The van der Waals surface area contributed by atoms with Crippen LogP contribution in [0.15, 0.2) is 36.4 Å². The molecule has 88 valence electrons. The van der Waals surface area contributed by atoms with E-state index in [4.69, 9.17) is 0 Å². The molecule has 2 rings (SSSR count). The Balaban J connectivity index is 2.44. The fourth-order valence-corrected chi connectivity index (χ4v) is 2.01. The molecule has 0 aromatic heterocycles. The summed E-state index contributed by atoms with van der Waals surface area (Å²) < 4.78 is 0. The highest BCUT2D eigenvalue weighted by atomic mass is 16.3. The third-order valence-electron chi connectivity index (χ3n) is 3.18. The lowest BCUT2D eigenvalue weighted by Crippen LogP contribution is -2.07. The van der Waals surface area contributed by atoms with E-state index in [0.717, 1.165) is 16.3 Å². The topological polar surface area (TPSA) is 37.3 Å². The molecule has 1 N–H and O–H groups in total. The minimum absolute atomic E-state index is 0.0572. The molecular formula is C15H16O2. The molecule has 0 radical (unpaired) electrons. The third kappa shape index (κ3) is 2.31. The van der Waals surface area contributed by atoms with Crippen molar-refractivity contribution in [2.75, 3.05) is 0 Å². The highest BCUT2D eigenvalue weighted by Crippen LogP contribution is 2.25. The van der Waals surface area contributed by atoms with Gasteiger partial charge in [-0.15, -0.1) is 0 Å². The van der Waals surface area contributed by atoms with Gasteiger partial charge in [0.2, 0.25) is 0 Å². The fourth-order valence-electron chi connectivity index (χ4n) is 2.01. The van der Waals surface area contributed by atoms with E-state index in [1.807, 2.05) is 38.1 Å². The van der Waals surface area contributed by atoms with Crippen molar-refractivity contribution in [3.8, 4) is 5.75 Å². The van der Waals surface area contributed by atoms with E-state index in [-0.39, 0.29) is 17.5 Å². The van der Waals surface area contributed by atoms with Gasteiger partial charge in [0.05, 0.1) is 0 Å². The molecule has 0 saturated carbocycles. The molecule has 0 bridgehead atoms. The standard InChI is InChI=1S/C15H16O2/c1-3-15(17)10(2)11-4-5-13-9-14(16)7-6-12(13)8-11/h4-10,16H,3H2,1-2H3. The van der Waals surface area contributed by atoms with Gasteiger partial charge >= 0.3 is 0 Å². The molecule has 0 heterocycles. The van der Waals surface area contributed by atoms with Gasteiger partial charge in [-0.25, -0.2) is 0 Å². The van der Waals surface area contributed by atoms with Gasteiger partial charge in [0.1, 0.15) is 11.5 Å². The fraction of sp³-hybridized carbons (Fsp3) is 0.267. The van der Waals surface area contributed by atoms with Gasteiger partial charge in [0.25, 0.3) is 0 Å².